The van der Waals surface area contributed by atoms with Gasteiger partial charge in [-0.15, -0.1) is 0 Å². The van der Waals surface area contributed by atoms with Crippen molar-refractivity contribution in [3.63, 3.8) is 0 Å². The number of hydroxylamine groups is 3. The maximum absolute atomic E-state index is 12.0. The summed E-state index contributed by atoms with van der Waals surface area (Å²) < 4.78 is -0.0981. The molecule has 1 saturated heterocycles. The third-order valence-corrected chi connectivity index (χ3v) is 6.59. The van der Waals surface area contributed by atoms with Crippen LogP contribution in [0, 0.1) is 5.21 Å². The Hall–Kier alpha value is -1.24. The largest absolute Gasteiger partial charge is 0.633 e. The number of rotatable bonds is 4. The number of anilines is 2. The van der Waals surface area contributed by atoms with E-state index in [1.165, 1.54) is 21.2 Å². The van der Waals surface area contributed by atoms with Gasteiger partial charge in [-0.3, -0.25) is 4.90 Å². The molecule has 0 saturated carbocycles. The molecule has 2 aliphatic rings. The zero-order valence-electron chi connectivity index (χ0n) is 15.0. The maximum atomic E-state index is 12.0. The van der Waals surface area contributed by atoms with Crippen molar-refractivity contribution in [3.05, 3.63) is 52.7 Å². The molecule has 0 N–H and O–H groups in total. The number of benzene rings is 2. The fourth-order valence-corrected chi connectivity index (χ4v) is 4.89. The van der Waals surface area contributed by atoms with E-state index < -0.39 is 0 Å². The van der Waals surface area contributed by atoms with Crippen molar-refractivity contribution < 1.29 is 4.65 Å². The van der Waals surface area contributed by atoms with Crippen LogP contribution in [-0.4, -0.2) is 55.9 Å². The molecule has 0 bridgehead atoms. The molecule has 0 radical (unpaired) electrons. The summed E-state index contributed by atoms with van der Waals surface area (Å²) in [4.78, 5) is 7.36. The van der Waals surface area contributed by atoms with Crippen LogP contribution in [0.25, 0.3) is 0 Å². The first kappa shape index (κ1) is 18.1. The summed E-state index contributed by atoms with van der Waals surface area (Å²) in [5, 5.41) is 12.8. The fraction of sp³-hybridized carbons (Fsp3) is 0.400. The smallest absolute Gasteiger partial charge is 0.0911 e. The van der Waals surface area contributed by atoms with E-state index in [2.05, 4.69) is 46.2 Å². The van der Waals surface area contributed by atoms with E-state index in [9.17, 15) is 5.21 Å². The van der Waals surface area contributed by atoms with E-state index >= 15 is 0 Å². The third kappa shape index (κ3) is 3.87. The Labute approximate surface area is 164 Å². The molecule has 138 valence electrons. The van der Waals surface area contributed by atoms with Gasteiger partial charge in [-0.1, -0.05) is 35.5 Å². The van der Waals surface area contributed by atoms with Crippen molar-refractivity contribution in [2.75, 3.05) is 51.2 Å². The lowest BCUT2D eigenvalue weighted by Gasteiger charge is -2.45. The highest BCUT2D eigenvalue weighted by Crippen LogP contribution is 2.48. The second kappa shape index (κ2) is 7.41. The van der Waals surface area contributed by atoms with E-state index in [0.29, 0.717) is 13.1 Å². The SMILES string of the molecule is C[N+]1([O-])CCN(CCCN2c3ccccc3Sc3ccc(Cl)cc32)CC1. The topological polar surface area (TPSA) is 29.5 Å². The zero-order chi connectivity index (χ0) is 18.1. The van der Waals surface area contributed by atoms with Gasteiger partial charge < -0.3 is 14.8 Å². The summed E-state index contributed by atoms with van der Waals surface area (Å²) in [6.07, 6.45) is 1.06. The molecule has 2 aromatic rings. The van der Waals surface area contributed by atoms with Gasteiger partial charge in [0.05, 0.1) is 31.5 Å². The number of halogens is 1. The minimum Gasteiger partial charge on any atom is -0.633 e. The molecule has 0 unspecified atom stereocenters. The average molecular weight is 390 g/mol. The molecule has 0 aliphatic carbocycles. The van der Waals surface area contributed by atoms with Crippen LogP contribution in [0.5, 0.6) is 0 Å². The number of likely N-dealkylation sites (N-methyl/N-ethyl adjacent to an activating group) is 1. The maximum Gasteiger partial charge on any atom is 0.0911 e. The quantitative estimate of drug-likeness (QED) is 0.565. The number of nitrogens with zero attached hydrogens (tertiary/aromatic N) is 3. The lowest BCUT2D eigenvalue weighted by molar-refractivity contribution is -0.865. The normalized spacial score (nSPS) is 19.1. The number of piperazine rings is 1. The van der Waals surface area contributed by atoms with E-state index in [0.717, 1.165) is 37.6 Å². The first-order chi connectivity index (χ1) is 12.5. The second-order valence-electron chi connectivity index (χ2n) is 7.27. The molecule has 0 aromatic heterocycles. The molecule has 0 amide bonds. The molecule has 4 nitrogen and oxygen atoms in total. The van der Waals surface area contributed by atoms with Crippen LogP contribution in [0.2, 0.25) is 5.02 Å². The van der Waals surface area contributed by atoms with Gasteiger partial charge in [-0.2, -0.15) is 0 Å². The Kier molecular flexibility index (Phi) is 5.17. The van der Waals surface area contributed by atoms with Crippen LogP contribution >= 0.6 is 23.4 Å². The van der Waals surface area contributed by atoms with Gasteiger partial charge in [0.2, 0.25) is 0 Å². The molecule has 4 rings (SSSR count). The molecule has 2 aromatic carbocycles. The van der Waals surface area contributed by atoms with Crippen LogP contribution < -0.4 is 4.90 Å². The van der Waals surface area contributed by atoms with Gasteiger partial charge in [0.25, 0.3) is 0 Å². The van der Waals surface area contributed by atoms with Gasteiger partial charge in [-0.25, -0.2) is 0 Å². The van der Waals surface area contributed by atoms with E-state index in [4.69, 9.17) is 11.6 Å². The molecule has 0 spiro atoms. The van der Waals surface area contributed by atoms with Gasteiger partial charge >= 0.3 is 0 Å². The molecule has 2 aliphatic heterocycles. The Morgan fingerprint density at radius 2 is 1.77 bits per heavy atom. The van der Waals surface area contributed by atoms with Crippen molar-refractivity contribution in [1.82, 2.24) is 4.90 Å². The number of quaternary nitrogens is 1. The molecule has 1 fully saturated rings. The number of hydrogen-bond acceptors (Lipinski definition) is 4. The van der Waals surface area contributed by atoms with Crippen LogP contribution in [0.1, 0.15) is 6.42 Å². The molecular formula is C20H24ClN3OS. The summed E-state index contributed by atoms with van der Waals surface area (Å²) in [5.41, 5.74) is 2.46. The summed E-state index contributed by atoms with van der Waals surface area (Å²) in [7, 11) is 1.78. The monoisotopic (exact) mass is 389 g/mol. The molecule has 6 heteroatoms. The molecular weight excluding hydrogens is 366 g/mol. The van der Waals surface area contributed by atoms with Crippen molar-refractivity contribution in [2.24, 2.45) is 0 Å². The Morgan fingerprint density at radius 1 is 1.04 bits per heavy atom. The van der Waals surface area contributed by atoms with Gasteiger partial charge in [0.1, 0.15) is 0 Å². The lowest BCUT2D eigenvalue weighted by atomic mass is 10.2. The standard InChI is InChI=1S/C20H24ClN3OS/c1-24(25)13-11-22(12-14-24)9-4-10-23-17-5-2-3-6-19(17)26-20-8-7-16(21)15-18(20)23/h2-3,5-8,15H,4,9-14H2,1H3. The molecule has 2 heterocycles. The van der Waals surface area contributed by atoms with Gasteiger partial charge in [0, 0.05) is 41.0 Å². The number of fused-ring (bicyclic) bond motifs is 2. The predicted octanol–water partition coefficient (Wildman–Crippen LogP) is 4.59. The number of hydrogen-bond donors (Lipinski definition) is 0. The summed E-state index contributed by atoms with van der Waals surface area (Å²) >= 11 is 8.08. The van der Waals surface area contributed by atoms with Crippen LogP contribution in [0.4, 0.5) is 11.4 Å². The Morgan fingerprint density at radius 3 is 2.58 bits per heavy atom. The van der Waals surface area contributed by atoms with Gasteiger partial charge in [0.15, 0.2) is 0 Å². The van der Waals surface area contributed by atoms with Gasteiger partial charge in [-0.05, 0) is 36.8 Å². The molecule has 26 heavy (non-hydrogen) atoms. The van der Waals surface area contributed by atoms with E-state index in [-0.39, 0.29) is 4.65 Å². The van der Waals surface area contributed by atoms with Crippen molar-refractivity contribution in [2.45, 2.75) is 16.2 Å². The molecule has 0 atom stereocenters. The second-order valence-corrected chi connectivity index (χ2v) is 8.79. The summed E-state index contributed by atoms with van der Waals surface area (Å²) in [5.74, 6) is 0. The lowest BCUT2D eigenvalue weighted by Crippen LogP contribution is -2.53. The fourth-order valence-electron chi connectivity index (χ4n) is 3.65. The average Bonchev–Trinajstić information content (AvgIpc) is 2.63. The van der Waals surface area contributed by atoms with E-state index in [1.54, 1.807) is 7.05 Å². The summed E-state index contributed by atoms with van der Waals surface area (Å²) in [6.45, 7) is 5.17. The first-order valence-corrected chi connectivity index (χ1v) is 10.3. The predicted molar refractivity (Wildman–Crippen MR) is 109 cm³/mol. The van der Waals surface area contributed by atoms with Crippen molar-refractivity contribution >= 4 is 34.7 Å². The highest BCUT2D eigenvalue weighted by Gasteiger charge is 2.24. The van der Waals surface area contributed by atoms with E-state index in [1.807, 2.05) is 17.8 Å². The highest BCUT2D eigenvalue weighted by atomic mass is 35.5. The highest BCUT2D eigenvalue weighted by molar-refractivity contribution is 7.99. The zero-order valence-corrected chi connectivity index (χ0v) is 16.6. The van der Waals surface area contributed by atoms with Crippen LogP contribution in [-0.2, 0) is 0 Å². The Balaban J connectivity index is 1.47. The van der Waals surface area contributed by atoms with Crippen LogP contribution in [0.3, 0.4) is 0 Å². The summed E-state index contributed by atoms with van der Waals surface area (Å²) in [6, 6.07) is 14.7. The Bertz CT molecular complexity index is 788. The minimum absolute atomic E-state index is 0.0981. The first-order valence-electron chi connectivity index (χ1n) is 9.14. The van der Waals surface area contributed by atoms with Crippen LogP contribution in [0.15, 0.2) is 52.3 Å². The minimum atomic E-state index is -0.0981. The van der Waals surface area contributed by atoms with Crippen molar-refractivity contribution in [3.8, 4) is 0 Å². The third-order valence-electron chi connectivity index (χ3n) is 5.22. The van der Waals surface area contributed by atoms with Crippen molar-refractivity contribution in [1.29, 1.82) is 0 Å². The number of para-hydroxylation sites is 1.